The summed E-state index contributed by atoms with van der Waals surface area (Å²) in [5.41, 5.74) is 1.72. The van der Waals surface area contributed by atoms with Crippen LogP contribution in [0.5, 0.6) is 0 Å². The molecular weight excluding hydrogens is 326 g/mol. The number of nitrogens with one attached hydrogen (secondary N) is 1. The largest absolute Gasteiger partial charge is 0.376 e. The number of hydrogen-bond acceptors (Lipinski definition) is 6. The maximum Gasteiger partial charge on any atom is 0.318 e. The Hall–Kier alpha value is -2.06. The third kappa shape index (κ3) is 4.48. The van der Waals surface area contributed by atoms with E-state index in [1.807, 2.05) is 25.1 Å². The lowest BCUT2D eigenvalue weighted by atomic mass is 10.2. The third-order valence-electron chi connectivity index (χ3n) is 3.96. The fourth-order valence-electron chi connectivity index (χ4n) is 2.62. The molecule has 3 heterocycles. The first kappa shape index (κ1) is 16.8. The molecule has 1 aliphatic heterocycles. The fraction of sp³-hybridized carbons (Fsp3) is 0.500. The molecule has 1 atom stereocenters. The molecule has 8 heteroatoms. The van der Waals surface area contributed by atoms with E-state index in [4.69, 9.17) is 4.74 Å². The van der Waals surface area contributed by atoms with Gasteiger partial charge in [0.05, 0.1) is 35.5 Å². The van der Waals surface area contributed by atoms with Crippen molar-refractivity contribution in [3.8, 4) is 0 Å². The molecule has 0 radical (unpaired) electrons. The first-order chi connectivity index (χ1) is 11.7. The monoisotopic (exact) mass is 347 g/mol. The topological polar surface area (TPSA) is 80.2 Å². The van der Waals surface area contributed by atoms with Gasteiger partial charge >= 0.3 is 6.03 Å². The first-order valence-electron chi connectivity index (χ1n) is 8.04. The summed E-state index contributed by atoms with van der Waals surface area (Å²) in [6.07, 6.45) is 3.88. The van der Waals surface area contributed by atoms with Gasteiger partial charge in [-0.15, -0.1) is 5.10 Å². The average molecular weight is 347 g/mol. The predicted octanol–water partition coefficient (Wildman–Crippen LogP) is 2.13. The van der Waals surface area contributed by atoms with E-state index in [1.165, 1.54) is 11.5 Å². The maximum atomic E-state index is 12.6. The Bertz CT molecular complexity index is 657. The van der Waals surface area contributed by atoms with Gasteiger partial charge in [0, 0.05) is 19.3 Å². The summed E-state index contributed by atoms with van der Waals surface area (Å²) in [6, 6.07) is 5.60. The Morgan fingerprint density at radius 3 is 3.08 bits per heavy atom. The summed E-state index contributed by atoms with van der Waals surface area (Å²) in [5.74, 6) is 0. The van der Waals surface area contributed by atoms with Gasteiger partial charge in [0.2, 0.25) is 0 Å². The number of hydrogen-bond donors (Lipinski definition) is 1. The van der Waals surface area contributed by atoms with Gasteiger partial charge in [-0.05, 0) is 43.4 Å². The zero-order valence-corrected chi connectivity index (χ0v) is 14.5. The van der Waals surface area contributed by atoms with E-state index in [9.17, 15) is 4.79 Å². The van der Waals surface area contributed by atoms with Crippen LogP contribution in [-0.4, -0.2) is 44.8 Å². The number of carbonyl (C=O) groups is 1. The molecule has 0 bridgehead atoms. The molecule has 2 amide bonds. The second kappa shape index (κ2) is 8.16. The number of urea groups is 1. The minimum Gasteiger partial charge on any atom is -0.376 e. The molecule has 1 aliphatic rings. The number of aromatic nitrogens is 3. The van der Waals surface area contributed by atoms with Gasteiger partial charge in [0.1, 0.15) is 0 Å². The highest BCUT2D eigenvalue weighted by Crippen LogP contribution is 2.15. The summed E-state index contributed by atoms with van der Waals surface area (Å²) < 4.78 is 9.57. The van der Waals surface area contributed by atoms with Crippen LogP contribution >= 0.6 is 11.5 Å². The molecule has 0 aromatic carbocycles. The molecule has 1 saturated heterocycles. The summed E-state index contributed by atoms with van der Waals surface area (Å²) in [4.78, 5) is 19.7. The van der Waals surface area contributed by atoms with Crippen LogP contribution < -0.4 is 5.32 Å². The van der Waals surface area contributed by atoms with Gasteiger partial charge in [0.15, 0.2) is 0 Å². The van der Waals surface area contributed by atoms with Crippen molar-refractivity contribution < 1.29 is 9.53 Å². The Balaban J connectivity index is 1.63. The van der Waals surface area contributed by atoms with Crippen LogP contribution in [-0.2, 0) is 17.8 Å². The van der Waals surface area contributed by atoms with Crippen LogP contribution in [0.2, 0.25) is 0 Å². The number of ether oxygens (including phenoxy) is 1. The molecular formula is C16H21N5O2S. The van der Waals surface area contributed by atoms with E-state index in [-0.39, 0.29) is 12.1 Å². The number of pyridine rings is 1. The second-order valence-electron chi connectivity index (χ2n) is 5.78. The van der Waals surface area contributed by atoms with E-state index in [1.54, 1.807) is 11.1 Å². The van der Waals surface area contributed by atoms with E-state index in [0.29, 0.717) is 19.6 Å². The first-order valence-corrected chi connectivity index (χ1v) is 8.82. The lowest BCUT2D eigenvalue weighted by Gasteiger charge is -2.25. The van der Waals surface area contributed by atoms with Crippen molar-refractivity contribution in [1.29, 1.82) is 0 Å². The molecule has 2 aromatic heterocycles. The van der Waals surface area contributed by atoms with Crippen molar-refractivity contribution in [2.45, 2.75) is 39.0 Å². The third-order valence-corrected chi connectivity index (χ3v) is 4.78. The van der Waals surface area contributed by atoms with Gasteiger partial charge in [-0.3, -0.25) is 4.98 Å². The van der Waals surface area contributed by atoms with Crippen LogP contribution in [0.4, 0.5) is 4.79 Å². The molecule has 24 heavy (non-hydrogen) atoms. The Morgan fingerprint density at radius 1 is 1.50 bits per heavy atom. The lowest BCUT2D eigenvalue weighted by molar-refractivity contribution is 0.0791. The lowest BCUT2D eigenvalue weighted by Crippen LogP contribution is -2.43. The van der Waals surface area contributed by atoms with Gasteiger partial charge in [-0.25, -0.2) is 4.79 Å². The van der Waals surface area contributed by atoms with E-state index < -0.39 is 0 Å². The van der Waals surface area contributed by atoms with Gasteiger partial charge < -0.3 is 15.0 Å². The molecule has 1 fully saturated rings. The van der Waals surface area contributed by atoms with Gasteiger partial charge in [-0.1, -0.05) is 10.6 Å². The van der Waals surface area contributed by atoms with E-state index in [0.717, 1.165) is 35.7 Å². The molecule has 0 unspecified atom stereocenters. The standard InChI is InChI=1S/C16H21N5O2S/c1-12-15(24-20-19-12)9-18-16(22)21(11-14-6-4-8-23-14)10-13-5-2-3-7-17-13/h2-3,5,7,14H,4,6,8-11H2,1H3,(H,18,22)/t14-/m1/s1. The maximum absolute atomic E-state index is 12.6. The molecule has 0 spiro atoms. The molecule has 0 saturated carbocycles. The summed E-state index contributed by atoms with van der Waals surface area (Å²) in [6.45, 7) is 4.14. The minimum atomic E-state index is -0.121. The fourth-order valence-corrected chi connectivity index (χ4v) is 3.19. The van der Waals surface area contributed by atoms with Gasteiger partial charge in [0.25, 0.3) is 0 Å². The number of rotatable bonds is 6. The van der Waals surface area contributed by atoms with Crippen molar-refractivity contribution >= 4 is 17.6 Å². The summed E-state index contributed by atoms with van der Waals surface area (Å²) in [7, 11) is 0. The zero-order chi connectivity index (χ0) is 16.8. The smallest absolute Gasteiger partial charge is 0.318 e. The number of amides is 2. The zero-order valence-electron chi connectivity index (χ0n) is 13.6. The normalized spacial score (nSPS) is 17.0. The minimum absolute atomic E-state index is 0.103. The predicted molar refractivity (Wildman–Crippen MR) is 90.5 cm³/mol. The second-order valence-corrected chi connectivity index (χ2v) is 6.62. The molecule has 7 nitrogen and oxygen atoms in total. The number of aryl methyl sites for hydroxylation is 1. The Kier molecular flexibility index (Phi) is 5.71. The van der Waals surface area contributed by atoms with E-state index >= 15 is 0 Å². The average Bonchev–Trinajstić information content (AvgIpc) is 3.25. The highest BCUT2D eigenvalue weighted by molar-refractivity contribution is 7.05. The highest BCUT2D eigenvalue weighted by atomic mass is 32.1. The van der Waals surface area contributed by atoms with Crippen molar-refractivity contribution in [1.82, 2.24) is 24.8 Å². The number of nitrogens with zero attached hydrogens (tertiary/aromatic N) is 4. The van der Waals surface area contributed by atoms with E-state index in [2.05, 4.69) is 19.9 Å². The summed E-state index contributed by atoms with van der Waals surface area (Å²) >= 11 is 1.31. The van der Waals surface area contributed by atoms with Crippen molar-refractivity contribution in [3.05, 3.63) is 40.7 Å². The van der Waals surface area contributed by atoms with Crippen LogP contribution in [0.25, 0.3) is 0 Å². The van der Waals surface area contributed by atoms with Gasteiger partial charge in [-0.2, -0.15) is 0 Å². The highest BCUT2D eigenvalue weighted by Gasteiger charge is 2.23. The van der Waals surface area contributed by atoms with Crippen molar-refractivity contribution in [2.24, 2.45) is 0 Å². The molecule has 3 rings (SSSR count). The Morgan fingerprint density at radius 2 is 2.42 bits per heavy atom. The molecule has 128 valence electrons. The molecule has 1 N–H and O–H groups in total. The Labute approximate surface area is 145 Å². The molecule has 0 aliphatic carbocycles. The molecule has 2 aromatic rings. The summed E-state index contributed by atoms with van der Waals surface area (Å²) in [5, 5.41) is 6.92. The van der Waals surface area contributed by atoms with Crippen LogP contribution in [0.3, 0.4) is 0 Å². The quantitative estimate of drug-likeness (QED) is 0.866. The number of carbonyl (C=O) groups excluding carboxylic acids is 1. The van der Waals surface area contributed by atoms with Crippen LogP contribution in [0.1, 0.15) is 29.1 Å². The van der Waals surface area contributed by atoms with Crippen molar-refractivity contribution in [3.63, 3.8) is 0 Å². The van der Waals surface area contributed by atoms with Crippen LogP contribution in [0, 0.1) is 6.92 Å². The van der Waals surface area contributed by atoms with Crippen LogP contribution in [0.15, 0.2) is 24.4 Å². The SMILES string of the molecule is Cc1nnsc1CNC(=O)N(Cc1ccccn1)C[C@H]1CCCO1. The van der Waals surface area contributed by atoms with Crippen molar-refractivity contribution in [2.75, 3.05) is 13.2 Å².